The van der Waals surface area contributed by atoms with Crippen LogP contribution >= 0.6 is 11.8 Å². The molecule has 3 heteroatoms. The van der Waals surface area contributed by atoms with Gasteiger partial charge in [-0.15, -0.1) is 0 Å². The van der Waals surface area contributed by atoms with Gasteiger partial charge < -0.3 is 5.32 Å². The first-order chi connectivity index (χ1) is 7.26. The number of nitrogens with zero attached hydrogens (tertiary/aromatic N) is 1. The van der Waals surface area contributed by atoms with Crippen molar-refractivity contribution in [1.29, 1.82) is 0 Å². The van der Waals surface area contributed by atoms with Gasteiger partial charge in [0.05, 0.1) is 0 Å². The molecule has 15 heavy (non-hydrogen) atoms. The summed E-state index contributed by atoms with van der Waals surface area (Å²) in [6.07, 6.45) is 2.70. The van der Waals surface area contributed by atoms with Gasteiger partial charge in [-0.25, -0.2) is 0 Å². The van der Waals surface area contributed by atoms with Crippen LogP contribution in [0.15, 0.2) is 0 Å². The number of rotatable bonds is 3. The van der Waals surface area contributed by atoms with Crippen LogP contribution in [-0.4, -0.2) is 48.6 Å². The van der Waals surface area contributed by atoms with Crippen LogP contribution in [0, 0.1) is 5.41 Å². The van der Waals surface area contributed by atoms with Crippen LogP contribution in [0.4, 0.5) is 0 Å². The van der Waals surface area contributed by atoms with Gasteiger partial charge in [0.2, 0.25) is 0 Å². The van der Waals surface area contributed by atoms with Crippen molar-refractivity contribution in [3.63, 3.8) is 0 Å². The summed E-state index contributed by atoms with van der Waals surface area (Å²) in [7, 11) is 0. The van der Waals surface area contributed by atoms with Gasteiger partial charge >= 0.3 is 0 Å². The first-order valence-electron chi connectivity index (χ1n) is 6.28. The Morgan fingerprint density at radius 2 is 2.40 bits per heavy atom. The fraction of sp³-hybridized carbons (Fsp3) is 1.00. The monoisotopic (exact) mass is 228 g/mol. The third-order valence-corrected chi connectivity index (χ3v) is 5.32. The van der Waals surface area contributed by atoms with Gasteiger partial charge in [0, 0.05) is 37.2 Å². The summed E-state index contributed by atoms with van der Waals surface area (Å²) in [5, 5.41) is 3.54. The molecule has 2 saturated heterocycles. The Bertz CT molecular complexity index is 202. The van der Waals surface area contributed by atoms with E-state index in [2.05, 4.69) is 35.8 Å². The third-order valence-electron chi connectivity index (χ3n) is 4.13. The molecular weight excluding hydrogens is 204 g/mol. The first kappa shape index (κ1) is 11.7. The molecular formula is C12H24N2S. The Morgan fingerprint density at radius 1 is 1.53 bits per heavy atom. The molecule has 2 atom stereocenters. The lowest BCUT2D eigenvalue weighted by molar-refractivity contribution is 0.134. The Kier molecular flexibility index (Phi) is 3.97. The van der Waals surface area contributed by atoms with E-state index in [1.807, 2.05) is 0 Å². The quantitative estimate of drug-likeness (QED) is 0.793. The van der Waals surface area contributed by atoms with E-state index in [-0.39, 0.29) is 0 Å². The summed E-state index contributed by atoms with van der Waals surface area (Å²) in [4.78, 5) is 2.72. The van der Waals surface area contributed by atoms with E-state index in [9.17, 15) is 0 Å². The predicted molar refractivity (Wildman–Crippen MR) is 68.6 cm³/mol. The smallest absolute Gasteiger partial charge is 0.0158 e. The van der Waals surface area contributed by atoms with Gasteiger partial charge in [-0.3, -0.25) is 4.90 Å². The standard InChI is InChI=1S/C12H24N2S/c1-3-12(4-5-13-9-12)10-14-6-7-15-8-11(14)2/h11,13H,3-10H2,1-2H3. The minimum Gasteiger partial charge on any atom is -0.316 e. The highest BCUT2D eigenvalue weighted by molar-refractivity contribution is 7.99. The van der Waals surface area contributed by atoms with Crippen molar-refractivity contribution in [1.82, 2.24) is 10.2 Å². The lowest BCUT2D eigenvalue weighted by atomic mass is 9.83. The van der Waals surface area contributed by atoms with Gasteiger partial charge in [-0.2, -0.15) is 11.8 Å². The Hall–Kier alpha value is 0.270. The van der Waals surface area contributed by atoms with Gasteiger partial charge in [-0.1, -0.05) is 6.92 Å². The Morgan fingerprint density at radius 3 is 3.00 bits per heavy atom. The van der Waals surface area contributed by atoms with Gasteiger partial charge in [-0.05, 0) is 31.7 Å². The molecule has 88 valence electrons. The Balaban J connectivity index is 1.93. The van der Waals surface area contributed by atoms with Crippen LogP contribution < -0.4 is 5.32 Å². The van der Waals surface area contributed by atoms with E-state index in [1.165, 1.54) is 50.5 Å². The van der Waals surface area contributed by atoms with Crippen molar-refractivity contribution in [2.24, 2.45) is 5.41 Å². The zero-order valence-electron chi connectivity index (χ0n) is 10.1. The molecule has 1 N–H and O–H groups in total. The molecule has 0 aromatic carbocycles. The lowest BCUT2D eigenvalue weighted by Crippen LogP contribution is -2.47. The summed E-state index contributed by atoms with van der Waals surface area (Å²) in [5.41, 5.74) is 0.580. The molecule has 0 amide bonds. The van der Waals surface area contributed by atoms with E-state index in [1.54, 1.807) is 0 Å². The maximum Gasteiger partial charge on any atom is 0.0158 e. The zero-order valence-corrected chi connectivity index (χ0v) is 10.9. The van der Waals surface area contributed by atoms with Crippen molar-refractivity contribution < 1.29 is 0 Å². The fourth-order valence-corrected chi connectivity index (χ4v) is 3.85. The number of hydrogen-bond acceptors (Lipinski definition) is 3. The molecule has 2 aliphatic heterocycles. The highest BCUT2D eigenvalue weighted by Crippen LogP contribution is 2.32. The second-order valence-corrected chi connectivity index (χ2v) is 6.32. The summed E-state index contributed by atoms with van der Waals surface area (Å²) in [6, 6.07) is 0.785. The average Bonchev–Trinajstić information content (AvgIpc) is 2.71. The van der Waals surface area contributed by atoms with E-state index in [4.69, 9.17) is 0 Å². The van der Waals surface area contributed by atoms with Crippen molar-refractivity contribution in [3.05, 3.63) is 0 Å². The number of nitrogens with one attached hydrogen (secondary N) is 1. The maximum absolute atomic E-state index is 3.54. The molecule has 0 aromatic rings. The van der Waals surface area contributed by atoms with Crippen LogP contribution in [0.3, 0.4) is 0 Å². The summed E-state index contributed by atoms with van der Waals surface area (Å²) >= 11 is 2.11. The maximum atomic E-state index is 3.54. The normalized spacial score (nSPS) is 38.4. The van der Waals surface area contributed by atoms with Crippen LogP contribution in [0.1, 0.15) is 26.7 Å². The minimum absolute atomic E-state index is 0.580. The largest absolute Gasteiger partial charge is 0.316 e. The van der Waals surface area contributed by atoms with E-state index < -0.39 is 0 Å². The Labute approximate surface area is 98.2 Å². The number of hydrogen-bond donors (Lipinski definition) is 1. The van der Waals surface area contributed by atoms with Gasteiger partial charge in [0.1, 0.15) is 0 Å². The number of thioether (sulfide) groups is 1. The van der Waals surface area contributed by atoms with E-state index in [0.717, 1.165) is 6.04 Å². The molecule has 0 saturated carbocycles. The van der Waals surface area contributed by atoms with Crippen molar-refractivity contribution in [2.45, 2.75) is 32.7 Å². The first-order valence-corrected chi connectivity index (χ1v) is 7.44. The molecule has 2 aliphatic rings. The summed E-state index contributed by atoms with van der Waals surface area (Å²) in [5.74, 6) is 2.66. The molecule has 2 nitrogen and oxygen atoms in total. The second kappa shape index (κ2) is 5.07. The van der Waals surface area contributed by atoms with E-state index >= 15 is 0 Å². The topological polar surface area (TPSA) is 15.3 Å². The molecule has 0 radical (unpaired) electrons. The van der Waals surface area contributed by atoms with Crippen molar-refractivity contribution >= 4 is 11.8 Å². The highest BCUT2D eigenvalue weighted by atomic mass is 32.2. The van der Waals surface area contributed by atoms with Gasteiger partial charge in [0.15, 0.2) is 0 Å². The molecule has 0 aromatic heterocycles. The minimum atomic E-state index is 0.580. The summed E-state index contributed by atoms with van der Waals surface area (Å²) in [6.45, 7) is 9.82. The predicted octanol–water partition coefficient (Wildman–Crippen LogP) is 1.81. The van der Waals surface area contributed by atoms with Crippen molar-refractivity contribution in [3.8, 4) is 0 Å². The fourth-order valence-electron chi connectivity index (χ4n) is 2.77. The molecule has 2 fully saturated rings. The van der Waals surface area contributed by atoms with Gasteiger partial charge in [0.25, 0.3) is 0 Å². The third kappa shape index (κ3) is 2.69. The van der Waals surface area contributed by atoms with Crippen LogP contribution in [0.5, 0.6) is 0 Å². The lowest BCUT2D eigenvalue weighted by Gasteiger charge is -2.39. The van der Waals surface area contributed by atoms with Crippen LogP contribution in [0.2, 0.25) is 0 Å². The van der Waals surface area contributed by atoms with Crippen molar-refractivity contribution in [2.75, 3.05) is 37.7 Å². The molecule has 0 bridgehead atoms. The molecule has 0 spiro atoms. The average molecular weight is 228 g/mol. The molecule has 2 rings (SSSR count). The van der Waals surface area contributed by atoms with E-state index in [0.29, 0.717) is 5.41 Å². The zero-order chi connectivity index (χ0) is 10.7. The van der Waals surface area contributed by atoms with Crippen LogP contribution in [0.25, 0.3) is 0 Å². The second-order valence-electron chi connectivity index (χ2n) is 5.17. The molecule has 0 aliphatic carbocycles. The molecule has 2 unspecified atom stereocenters. The SMILES string of the molecule is CCC1(CN2CCSCC2C)CCNC1. The summed E-state index contributed by atoms with van der Waals surface area (Å²) < 4.78 is 0. The highest BCUT2D eigenvalue weighted by Gasteiger charge is 2.35. The van der Waals surface area contributed by atoms with Crippen LogP contribution in [-0.2, 0) is 0 Å². The molecule has 2 heterocycles.